The van der Waals surface area contributed by atoms with Crippen LogP contribution in [0.1, 0.15) is 49.5 Å². The van der Waals surface area contributed by atoms with Gasteiger partial charge in [-0.2, -0.15) is 0 Å². The van der Waals surface area contributed by atoms with Crippen LogP contribution in [0, 0.1) is 6.92 Å². The zero-order valence-electron chi connectivity index (χ0n) is 14.0. The van der Waals surface area contributed by atoms with Crippen LogP contribution in [0.5, 0.6) is 0 Å². The zero-order chi connectivity index (χ0) is 16.9. The fraction of sp³-hybridized carbons (Fsp3) is 0.421. The van der Waals surface area contributed by atoms with Crippen molar-refractivity contribution in [3.63, 3.8) is 0 Å². The van der Waals surface area contributed by atoms with E-state index in [2.05, 4.69) is 36.5 Å². The second-order valence-corrected chi connectivity index (χ2v) is 6.25. The zero-order valence-corrected chi connectivity index (χ0v) is 14.0. The first kappa shape index (κ1) is 17.3. The van der Waals surface area contributed by atoms with E-state index < -0.39 is 5.60 Å². The fourth-order valence-corrected chi connectivity index (χ4v) is 2.58. The third kappa shape index (κ3) is 4.70. The molecule has 0 radical (unpaired) electrons. The number of carbonyl (C=O) groups is 1. The average Bonchev–Trinajstić information content (AvgIpc) is 3.07. The van der Waals surface area contributed by atoms with Gasteiger partial charge < -0.3 is 14.8 Å². The van der Waals surface area contributed by atoms with Gasteiger partial charge in [0.05, 0.1) is 12.8 Å². The molecule has 4 heteroatoms. The van der Waals surface area contributed by atoms with Crippen LogP contribution in [-0.2, 0) is 10.4 Å². The molecular weight excluding hydrogens is 290 g/mol. The number of aryl methyl sites for hydroxylation is 1. The Bertz CT molecular complexity index is 615. The molecule has 0 saturated heterocycles. The molecule has 124 valence electrons. The Kier molecular flexibility index (Phi) is 5.61. The van der Waals surface area contributed by atoms with Gasteiger partial charge in [0.25, 0.3) is 0 Å². The van der Waals surface area contributed by atoms with Crippen molar-refractivity contribution in [2.24, 2.45) is 0 Å². The summed E-state index contributed by atoms with van der Waals surface area (Å²) in [7, 11) is 0. The molecule has 2 rings (SSSR count). The highest BCUT2D eigenvalue weighted by atomic mass is 16.4. The van der Waals surface area contributed by atoms with Gasteiger partial charge >= 0.3 is 0 Å². The van der Waals surface area contributed by atoms with Crippen molar-refractivity contribution in [3.8, 4) is 0 Å². The van der Waals surface area contributed by atoms with Gasteiger partial charge in [-0.1, -0.05) is 36.8 Å². The predicted molar refractivity (Wildman–Crippen MR) is 90.1 cm³/mol. The smallest absolute Gasteiger partial charge is 0.220 e. The Balaban J connectivity index is 1.91. The van der Waals surface area contributed by atoms with Crippen molar-refractivity contribution in [3.05, 3.63) is 59.5 Å². The van der Waals surface area contributed by atoms with Crippen LogP contribution < -0.4 is 5.32 Å². The van der Waals surface area contributed by atoms with Crippen LogP contribution in [0.4, 0.5) is 0 Å². The minimum Gasteiger partial charge on any atom is -0.466 e. The molecular formula is C19H25NO3. The Hall–Kier alpha value is -2.07. The molecule has 0 fully saturated rings. The van der Waals surface area contributed by atoms with Crippen LogP contribution in [0.15, 0.2) is 47.1 Å². The quantitative estimate of drug-likeness (QED) is 0.822. The van der Waals surface area contributed by atoms with Crippen molar-refractivity contribution in [2.45, 2.75) is 45.1 Å². The first-order valence-electron chi connectivity index (χ1n) is 8.02. The van der Waals surface area contributed by atoms with E-state index in [4.69, 9.17) is 4.42 Å². The Morgan fingerprint density at radius 3 is 2.57 bits per heavy atom. The summed E-state index contributed by atoms with van der Waals surface area (Å²) >= 11 is 0. The molecule has 2 N–H and O–H groups in total. The van der Waals surface area contributed by atoms with Gasteiger partial charge in [-0.15, -0.1) is 0 Å². The lowest BCUT2D eigenvalue weighted by Crippen LogP contribution is -2.38. The molecule has 23 heavy (non-hydrogen) atoms. The maximum Gasteiger partial charge on any atom is 0.220 e. The van der Waals surface area contributed by atoms with Crippen LogP contribution in [-0.4, -0.2) is 17.6 Å². The summed E-state index contributed by atoms with van der Waals surface area (Å²) in [5.74, 6) is 0.566. The minimum absolute atomic E-state index is 0.0655. The SMILES string of the molecule is CCC(CC(=O)NCC(C)(O)c1ccco1)c1ccc(C)cc1. The fourth-order valence-electron chi connectivity index (χ4n) is 2.58. The van der Waals surface area contributed by atoms with E-state index in [0.29, 0.717) is 12.2 Å². The minimum atomic E-state index is -1.20. The number of benzene rings is 1. The average molecular weight is 315 g/mol. The van der Waals surface area contributed by atoms with Crippen LogP contribution in [0.25, 0.3) is 0 Å². The number of furan rings is 1. The molecule has 0 saturated carbocycles. The highest BCUT2D eigenvalue weighted by molar-refractivity contribution is 5.77. The highest BCUT2D eigenvalue weighted by Crippen LogP contribution is 2.24. The van der Waals surface area contributed by atoms with Gasteiger partial charge in [-0.25, -0.2) is 0 Å². The molecule has 1 aromatic heterocycles. The van der Waals surface area contributed by atoms with Gasteiger partial charge in [0, 0.05) is 6.42 Å². The molecule has 1 aromatic carbocycles. The van der Waals surface area contributed by atoms with E-state index in [1.54, 1.807) is 19.1 Å². The lowest BCUT2D eigenvalue weighted by Gasteiger charge is -2.22. The van der Waals surface area contributed by atoms with Crippen molar-refractivity contribution in [1.29, 1.82) is 0 Å². The lowest BCUT2D eigenvalue weighted by molar-refractivity contribution is -0.122. The number of nitrogens with one attached hydrogen (secondary N) is 1. The number of amides is 1. The molecule has 0 bridgehead atoms. The highest BCUT2D eigenvalue weighted by Gasteiger charge is 2.27. The summed E-state index contributed by atoms with van der Waals surface area (Å²) in [6.07, 6.45) is 2.81. The number of rotatable bonds is 7. The predicted octanol–water partition coefficient (Wildman–Crippen LogP) is 3.50. The maximum atomic E-state index is 12.2. The van der Waals surface area contributed by atoms with E-state index in [-0.39, 0.29) is 18.4 Å². The topological polar surface area (TPSA) is 62.5 Å². The number of hydrogen-bond acceptors (Lipinski definition) is 3. The van der Waals surface area contributed by atoms with Crippen molar-refractivity contribution in [1.82, 2.24) is 5.32 Å². The summed E-state index contributed by atoms with van der Waals surface area (Å²) in [4.78, 5) is 12.2. The molecule has 1 amide bonds. The molecule has 0 aliphatic carbocycles. The van der Waals surface area contributed by atoms with Crippen molar-refractivity contribution < 1.29 is 14.3 Å². The molecule has 0 aliphatic heterocycles. The van der Waals surface area contributed by atoms with E-state index >= 15 is 0 Å². The number of aliphatic hydroxyl groups is 1. The Morgan fingerprint density at radius 1 is 1.30 bits per heavy atom. The summed E-state index contributed by atoms with van der Waals surface area (Å²) in [6, 6.07) is 11.7. The van der Waals surface area contributed by atoms with E-state index in [1.165, 1.54) is 17.4 Å². The molecule has 4 nitrogen and oxygen atoms in total. The largest absolute Gasteiger partial charge is 0.466 e. The van der Waals surface area contributed by atoms with Gasteiger partial charge in [0.1, 0.15) is 11.4 Å². The monoisotopic (exact) mass is 315 g/mol. The third-order valence-electron chi connectivity index (χ3n) is 4.16. The van der Waals surface area contributed by atoms with Crippen LogP contribution in [0.3, 0.4) is 0 Å². The molecule has 0 aliphatic rings. The van der Waals surface area contributed by atoms with Crippen molar-refractivity contribution in [2.75, 3.05) is 6.54 Å². The van der Waals surface area contributed by atoms with E-state index in [9.17, 15) is 9.90 Å². The van der Waals surface area contributed by atoms with Gasteiger partial charge in [-0.05, 0) is 43.9 Å². The number of hydrogen-bond donors (Lipinski definition) is 2. The molecule has 2 aromatic rings. The molecule has 1 heterocycles. The lowest BCUT2D eigenvalue weighted by atomic mass is 9.92. The standard InChI is InChI=1S/C19H25NO3/c1-4-15(16-9-7-14(2)8-10-16)12-18(21)20-13-19(3,22)17-6-5-11-23-17/h5-11,15,22H,4,12-13H2,1-3H3,(H,20,21). The van der Waals surface area contributed by atoms with Crippen LogP contribution >= 0.6 is 0 Å². The van der Waals surface area contributed by atoms with Gasteiger partial charge in [0.2, 0.25) is 5.91 Å². The number of carbonyl (C=O) groups excluding carboxylic acids is 1. The first-order chi connectivity index (χ1) is 10.9. The second-order valence-electron chi connectivity index (χ2n) is 6.25. The Morgan fingerprint density at radius 2 is 2.00 bits per heavy atom. The van der Waals surface area contributed by atoms with Gasteiger partial charge in [0.15, 0.2) is 0 Å². The van der Waals surface area contributed by atoms with E-state index in [1.807, 2.05) is 6.92 Å². The second kappa shape index (κ2) is 7.47. The Labute approximate surface area is 137 Å². The molecule has 2 unspecified atom stereocenters. The van der Waals surface area contributed by atoms with Crippen LogP contribution in [0.2, 0.25) is 0 Å². The summed E-state index contributed by atoms with van der Waals surface area (Å²) in [5.41, 5.74) is 1.18. The summed E-state index contributed by atoms with van der Waals surface area (Å²) in [5, 5.41) is 13.2. The third-order valence-corrected chi connectivity index (χ3v) is 4.16. The van der Waals surface area contributed by atoms with Gasteiger partial charge in [-0.3, -0.25) is 4.79 Å². The molecule has 0 spiro atoms. The first-order valence-corrected chi connectivity index (χ1v) is 8.02. The van der Waals surface area contributed by atoms with E-state index in [0.717, 1.165) is 6.42 Å². The molecule has 2 atom stereocenters. The normalized spacial score (nSPS) is 15.0. The summed E-state index contributed by atoms with van der Waals surface area (Å²) < 4.78 is 5.21. The summed E-state index contributed by atoms with van der Waals surface area (Å²) in [6.45, 7) is 5.89. The maximum absolute atomic E-state index is 12.2. The van der Waals surface area contributed by atoms with Crippen molar-refractivity contribution >= 4 is 5.91 Å².